The molecule has 0 aromatic heterocycles. The van der Waals surface area contributed by atoms with Crippen molar-refractivity contribution in [2.45, 2.75) is 51.0 Å². The number of alkyl halides is 2. The summed E-state index contributed by atoms with van der Waals surface area (Å²) in [5.41, 5.74) is 6.44. The van der Waals surface area contributed by atoms with E-state index in [4.69, 9.17) is 27.9 Å². The Morgan fingerprint density at radius 1 is 1.20 bits per heavy atom. The van der Waals surface area contributed by atoms with Crippen LogP contribution >= 0.6 is 11.6 Å². The quantitative estimate of drug-likeness (QED) is 0.292. The third-order valence-electron chi connectivity index (χ3n) is 9.21. The molecular weight excluding hydrogens is 560 g/mol. The minimum atomic E-state index is -2.92. The molecule has 3 fully saturated rings. The van der Waals surface area contributed by atoms with Crippen LogP contribution < -0.4 is 16.3 Å². The number of rotatable bonds is 9. The number of carboxylic acid groups (broad SMARTS) is 1. The van der Waals surface area contributed by atoms with Crippen molar-refractivity contribution < 1.29 is 33.0 Å². The van der Waals surface area contributed by atoms with Crippen molar-refractivity contribution >= 4 is 29.4 Å². The summed E-state index contributed by atoms with van der Waals surface area (Å²) in [7, 11) is 1.26. The van der Waals surface area contributed by atoms with Crippen LogP contribution in [0.25, 0.3) is 0 Å². The highest BCUT2D eigenvalue weighted by Crippen LogP contribution is 2.54. The van der Waals surface area contributed by atoms with Gasteiger partial charge in [0.25, 0.3) is 6.43 Å². The summed E-state index contributed by atoms with van der Waals surface area (Å²) in [6.45, 7) is 0.626. The molecule has 5 atom stereocenters. The number of hydrogen-bond donors (Lipinski definition) is 3. The van der Waals surface area contributed by atoms with Crippen LogP contribution in [-0.4, -0.2) is 77.4 Å². The number of hydrazine groups is 1. The second-order valence-corrected chi connectivity index (χ2v) is 11.9. The van der Waals surface area contributed by atoms with E-state index in [2.05, 4.69) is 0 Å². The monoisotopic (exact) mass is 595 g/mol. The summed E-state index contributed by atoms with van der Waals surface area (Å²) in [6.07, 6.45) is 0.922. The zero-order chi connectivity index (χ0) is 29.6. The van der Waals surface area contributed by atoms with Gasteiger partial charge in [-0.15, -0.1) is 0 Å². The van der Waals surface area contributed by atoms with E-state index < -0.39 is 42.6 Å². The molecule has 1 saturated heterocycles. The third kappa shape index (κ3) is 5.43. The number of halogens is 3. The van der Waals surface area contributed by atoms with Gasteiger partial charge in [-0.1, -0.05) is 11.6 Å². The van der Waals surface area contributed by atoms with Gasteiger partial charge in [0, 0.05) is 43.7 Å². The predicted octanol–water partition coefficient (Wildman–Crippen LogP) is 2.75. The first kappa shape index (κ1) is 29.4. The maximum Gasteiger partial charge on any atom is 0.307 e. The Morgan fingerprint density at radius 2 is 1.90 bits per heavy atom. The van der Waals surface area contributed by atoms with Crippen LogP contribution in [0.3, 0.4) is 0 Å². The number of fused-ring (bicyclic) bond motifs is 3. The average Bonchev–Trinajstić information content (AvgIpc) is 3.64. The van der Waals surface area contributed by atoms with Crippen molar-refractivity contribution in [2.75, 3.05) is 33.3 Å². The van der Waals surface area contributed by atoms with E-state index >= 15 is 0 Å². The second kappa shape index (κ2) is 11.6. The van der Waals surface area contributed by atoms with Crippen LogP contribution in [0.2, 0.25) is 5.02 Å². The maximum absolute atomic E-state index is 14.2. The molecule has 2 aliphatic heterocycles. The van der Waals surface area contributed by atoms with Gasteiger partial charge in [-0.05, 0) is 61.6 Å². The van der Waals surface area contributed by atoms with Crippen LogP contribution in [-0.2, 0) is 20.8 Å². The number of carbonyl (C=O) groups is 3. The van der Waals surface area contributed by atoms with Gasteiger partial charge in [0.2, 0.25) is 11.8 Å². The Balaban J connectivity index is 1.52. The number of aliphatic carboxylic acids is 1. The topological polar surface area (TPSA) is 142 Å². The third-order valence-corrected chi connectivity index (χ3v) is 9.56. The zero-order valence-electron chi connectivity index (χ0n) is 22.9. The van der Waals surface area contributed by atoms with Gasteiger partial charge in [0.05, 0.1) is 23.6 Å². The minimum absolute atomic E-state index is 0.00473. The normalized spacial score (nSPS) is 27.8. The maximum atomic E-state index is 14.2. The first-order valence-corrected chi connectivity index (χ1v) is 14.4. The molecule has 1 aromatic rings. The SMILES string of the molecule is CN(N)/C(=C(\N)COc1ccc(Cl)c2c1C(CN1CCCC1=O)N(C(=O)C1C3CCC(C3)C1C(=O)O)CC2)C(F)F. The second-order valence-electron chi connectivity index (χ2n) is 11.5. The van der Waals surface area contributed by atoms with Crippen LogP contribution in [0.1, 0.15) is 49.3 Å². The Labute approximate surface area is 242 Å². The molecule has 0 radical (unpaired) electrons. The number of benzene rings is 1. The fourth-order valence-corrected chi connectivity index (χ4v) is 7.67. The minimum Gasteiger partial charge on any atom is -0.487 e. The Kier molecular flexibility index (Phi) is 8.34. The van der Waals surface area contributed by atoms with Crippen molar-refractivity contribution in [3.63, 3.8) is 0 Å². The van der Waals surface area contributed by atoms with E-state index in [1.807, 2.05) is 0 Å². The number of likely N-dealkylation sites (tertiary alicyclic amines) is 1. The Bertz CT molecular complexity index is 1250. The summed E-state index contributed by atoms with van der Waals surface area (Å²) in [6, 6.07) is 2.59. The van der Waals surface area contributed by atoms with Gasteiger partial charge in [-0.2, -0.15) is 0 Å². The highest BCUT2D eigenvalue weighted by atomic mass is 35.5. The van der Waals surface area contributed by atoms with Gasteiger partial charge in [-0.25, -0.2) is 14.6 Å². The van der Waals surface area contributed by atoms with Crippen molar-refractivity contribution in [3.8, 4) is 5.75 Å². The molecule has 5 unspecified atom stereocenters. The number of nitrogens with two attached hydrogens (primary N) is 2. The van der Waals surface area contributed by atoms with Crippen molar-refractivity contribution in [3.05, 3.63) is 39.7 Å². The van der Waals surface area contributed by atoms with Crippen LogP contribution in [0, 0.1) is 23.7 Å². The molecule has 0 spiro atoms. The van der Waals surface area contributed by atoms with Crippen LogP contribution in [0.4, 0.5) is 8.78 Å². The number of hydrogen-bond acceptors (Lipinski definition) is 7. The molecule has 224 valence electrons. The van der Waals surface area contributed by atoms with Crippen LogP contribution in [0.15, 0.2) is 23.5 Å². The van der Waals surface area contributed by atoms with Gasteiger partial charge in [0.1, 0.15) is 18.1 Å². The van der Waals surface area contributed by atoms with E-state index in [1.165, 1.54) is 7.05 Å². The van der Waals surface area contributed by atoms with Crippen molar-refractivity contribution in [2.24, 2.45) is 35.2 Å². The van der Waals surface area contributed by atoms with E-state index in [1.54, 1.807) is 21.9 Å². The summed E-state index contributed by atoms with van der Waals surface area (Å²) in [5.74, 6) is 3.25. The predicted molar refractivity (Wildman–Crippen MR) is 146 cm³/mol. The molecule has 2 amide bonds. The smallest absolute Gasteiger partial charge is 0.307 e. The lowest BCUT2D eigenvalue weighted by atomic mass is 9.77. The van der Waals surface area contributed by atoms with E-state index in [9.17, 15) is 28.3 Å². The molecule has 5 rings (SSSR count). The first-order valence-electron chi connectivity index (χ1n) is 14.0. The lowest BCUT2D eigenvalue weighted by Crippen LogP contribution is -2.50. The Hall–Kier alpha value is -3.12. The number of amides is 2. The fraction of sp³-hybridized carbons (Fsp3) is 0.607. The highest BCUT2D eigenvalue weighted by Gasteiger charge is 2.56. The van der Waals surface area contributed by atoms with Gasteiger partial charge in [-0.3, -0.25) is 14.4 Å². The van der Waals surface area contributed by atoms with E-state index in [0.717, 1.165) is 29.8 Å². The molecule has 4 aliphatic rings. The number of carbonyl (C=O) groups excluding carboxylic acids is 2. The lowest BCUT2D eigenvalue weighted by Gasteiger charge is -2.43. The molecule has 2 saturated carbocycles. The molecule has 10 nitrogen and oxygen atoms in total. The number of carboxylic acids is 1. The largest absolute Gasteiger partial charge is 0.487 e. The summed E-state index contributed by atoms with van der Waals surface area (Å²) < 4.78 is 33.1. The Morgan fingerprint density at radius 3 is 2.51 bits per heavy atom. The summed E-state index contributed by atoms with van der Waals surface area (Å²) >= 11 is 6.62. The van der Waals surface area contributed by atoms with Crippen molar-refractivity contribution in [1.82, 2.24) is 14.8 Å². The molecule has 2 aliphatic carbocycles. The number of ether oxygens (including phenoxy) is 1. The van der Waals surface area contributed by atoms with Gasteiger partial charge >= 0.3 is 5.97 Å². The van der Waals surface area contributed by atoms with Gasteiger partial charge < -0.3 is 30.4 Å². The molecule has 2 bridgehead atoms. The van der Waals surface area contributed by atoms with E-state index in [-0.39, 0.29) is 35.9 Å². The first-order chi connectivity index (χ1) is 19.5. The number of nitrogens with zero attached hydrogens (tertiary/aromatic N) is 3. The molecule has 13 heteroatoms. The zero-order valence-corrected chi connectivity index (χ0v) is 23.7. The van der Waals surface area contributed by atoms with E-state index in [0.29, 0.717) is 48.7 Å². The summed E-state index contributed by atoms with van der Waals surface area (Å²) in [5, 5.41) is 11.2. The highest BCUT2D eigenvalue weighted by molar-refractivity contribution is 6.31. The molecule has 2 heterocycles. The molecule has 1 aromatic carbocycles. The molecule has 41 heavy (non-hydrogen) atoms. The average molecular weight is 596 g/mol. The van der Waals surface area contributed by atoms with Gasteiger partial charge in [0.15, 0.2) is 0 Å². The van der Waals surface area contributed by atoms with Crippen molar-refractivity contribution in [1.29, 1.82) is 0 Å². The fourth-order valence-electron chi connectivity index (χ4n) is 7.41. The lowest BCUT2D eigenvalue weighted by molar-refractivity contribution is -0.154. The standard InChI is InChI=1S/C28H36ClF2N5O5/c1-34(33)25(26(30)31)18(32)13-41-20-7-6-17(29)16-8-10-36(19(24(16)20)12-35-9-2-3-21(35)37)27(38)22-14-4-5-15(11-14)23(22)28(39)40/h6-7,14-15,19,22-23,26H,2-5,8-13,32-33H2,1H3,(H,39,40)/b25-18-. The molecular formula is C28H36ClF2N5O5. The number of allylic oxidation sites excluding steroid dienone is 1. The summed E-state index contributed by atoms with van der Waals surface area (Å²) in [4.78, 5) is 42.6. The molecule has 5 N–H and O–H groups in total. The van der Waals surface area contributed by atoms with Crippen LogP contribution in [0.5, 0.6) is 5.75 Å².